The molecule has 1 aromatic carbocycles. The molecular formula is C19H28N2O3. The molecule has 1 amide bonds. The third-order valence-corrected chi connectivity index (χ3v) is 4.73. The highest BCUT2D eigenvalue weighted by Crippen LogP contribution is 2.19. The number of carbonyl (C=O) groups is 1. The van der Waals surface area contributed by atoms with Crippen molar-refractivity contribution in [3.05, 3.63) is 29.8 Å². The molecule has 2 saturated heterocycles. The summed E-state index contributed by atoms with van der Waals surface area (Å²) in [6.07, 6.45) is 4.13. The third kappa shape index (κ3) is 4.71. The zero-order valence-electron chi connectivity index (χ0n) is 14.6. The average molecular weight is 332 g/mol. The lowest BCUT2D eigenvalue weighted by atomic mass is 10.1. The number of aryl methyl sites for hydroxylation is 1. The molecule has 0 aromatic heterocycles. The van der Waals surface area contributed by atoms with Crippen molar-refractivity contribution < 1.29 is 14.3 Å². The van der Waals surface area contributed by atoms with Gasteiger partial charge in [-0.15, -0.1) is 0 Å². The molecule has 0 N–H and O–H groups in total. The van der Waals surface area contributed by atoms with Gasteiger partial charge in [0.05, 0.1) is 19.8 Å². The fourth-order valence-corrected chi connectivity index (χ4v) is 3.37. The van der Waals surface area contributed by atoms with Crippen molar-refractivity contribution in [3.8, 4) is 0 Å². The van der Waals surface area contributed by atoms with Gasteiger partial charge in [-0.1, -0.05) is 12.1 Å². The second-order valence-electron chi connectivity index (χ2n) is 6.66. The zero-order chi connectivity index (χ0) is 16.8. The first-order chi connectivity index (χ1) is 11.7. The summed E-state index contributed by atoms with van der Waals surface area (Å²) >= 11 is 0. The van der Waals surface area contributed by atoms with Gasteiger partial charge in [-0.25, -0.2) is 0 Å². The number of rotatable bonds is 6. The molecule has 0 aliphatic carbocycles. The van der Waals surface area contributed by atoms with Crippen molar-refractivity contribution in [1.82, 2.24) is 4.90 Å². The van der Waals surface area contributed by atoms with Crippen LogP contribution in [0, 0.1) is 6.92 Å². The first-order valence-corrected chi connectivity index (χ1v) is 9.05. The lowest BCUT2D eigenvalue weighted by Gasteiger charge is -2.31. The molecular weight excluding hydrogens is 304 g/mol. The van der Waals surface area contributed by atoms with Gasteiger partial charge < -0.3 is 19.3 Å². The second-order valence-corrected chi connectivity index (χ2v) is 6.66. The molecule has 5 nitrogen and oxygen atoms in total. The van der Waals surface area contributed by atoms with E-state index in [1.807, 2.05) is 11.0 Å². The summed E-state index contributed by atoms with van der Waals surface area (Å²) in [7, 11) is 0. The molecule has 0 saturated carbocycles. The maximum absolute atomic E-state index is 12.7. The highest BCUT2D eigenvalue weighted by Gasteiger charge is 2.22. The monoisotopic (exact) mass is 332 g/mol. The van der Waals surface area contributed by atoms with Crippen molar-refractivity contribution in [3.63, 3.8) is 0 Å². The van der Waals surface area contributed by atoms with Crippen LogP contribution in [0.5, 0.6) is 0 Å². The van der Waals surface area contributed by atoms with Crippen LogP contribution in [0.15, 0.2) is 24.3 Å². The Kier molecular flexibility index (Phi) is 6.10. The van der Waals surface area contributed by atoms with E-state index in [1.165, 1.54) is 12.0 Å². The average Bonchev–Trinajstić information content (AvgIpc) is 3.12. The summed E-state index contributed by atoms with van der Waals surface area (Å²) in [4.78, 5) is 16.9. The van der Waals surface area contributed by atoms with Gasteiger partial charge >= 0.3 is 0 Å². The molecule has 2 heterocycles. The molecule has 2 aliphatic heterocycles. The van der Waals surface area contributed by atoms with Crippen LogP contribution >= 0.6 is 0 Å². The molecule has 0 spiro atoms. The fourth-order valence-electron chi connectivity index (χ4n) is 3.37. The number of likely N-dealkylation sites (tertiary alicyclic amines) is 1. The third-order valence-electron chi connectivity index (χ3n) is 4.73. The summed E-state index contributed by atoms with van der Waals surface area (Å²) in [5.41, 5.74) is 2.30. The van der Waals surface area contributed by atoms with Crippen LogP contribution in [0.4, 0.5) is 5.69 Å². The number of nitrogens with zero attached hydrogens (tertiary/aromatic N) is 2. The van der Waals surface area contributed by atoms with Gasteiger partial charge in [0, 0.05) is 31.7 Å². The predicted molar refractivity (Wildman–Crippen MR) is 94.1 cm³/mol. The molecule has 2 fully saturated rings. The Hall–Kier alpha value is -1.59. The van der Waals surface area contributed by atoms with Crippen LogP contribution in [-0.2, 0) is 14.3 Å². The lowest BCUT2D eigenvalue weighted by molar-refractivity contribution is -0.130. The van der Waals surface area contributed by atoms with Crippen LogP contribution in [0.25, 0.3) is 0 Å². The highest BCUT2D eigenvalue weighted by molar-refractivity contribution is 5.81. The van der Waals surface area contributed by atoms with E-state index >= 15 is 0 Å². The molecule has 3 rings (SSSR count). The van der Waals surface area contributed by atoms with Gasteiger partial charge in [0.2, 0.25) is 5.91 Å². The van der Waals surface area contributed by atoms with Gasteiger partial charge in [0.25, 0.3) is 0 Å². The Balaban J connectivity index is 1.64. The summed E-state index contributed by atoms with van der Waals surface area (Å²) in [6, 6.07) is 8.34. The number of carbonyl (C=O) groups excluding carboxylic acids is 1. The van der Waals surface area contributed by atoms with E-state index in [4.69, 9.17) is 9.47 Å². The molecule has 0 bridgehead atoms. The molecule has 1 aromatic rings. The zero-order valence-corrected chi connectivity index (χ0v) is 14.6. The van der Waals surface area contributed by atoms with E-state index < -0.39 is 0 Å². The van der Waals surface area contributed by atoms with Gasteiger partial charge in [0.15, 0.2) is 6.29 Å². The summed E-state index contributed by atoms with van der Waals surface area (Å²) in [5.74, 6) is 0.226. The minimum absolute atomic E-state index is 0.137. The topological polar surface area (TPSA) is 42.0 Å². The van der Waals surface area contributed by atoms with E-state index in [0.29, 0.717) is 19.8 Å². The standard InChI is InChI=1S/C19H28N2O3/c1-16-6-5-7-17(14-16)21(11-8-19-23-12-13-24-19)15-18(22)20-9-3-2-4-10-20/h5-7,14,19H,2-4,8-13,15H2,1H3. The minimum atomic E-state index is -0.137. The molecule has 132 valence electrons. The van der Waals surface area contributed by atoms with Crippen molar-refractivity contribution in [2.75, 3.05) is 44.3 Å². The Morgan fingerprint density at radius 2 is 1.96 bits per heavy atom. The van der Waals surface area contributed by atoms with Crippen LogP contribution < -0.4 is 4.90 Å². The Labute approximate surface area is 144 Å². The van der Waals surface area contributed by atoms with Gasteiger partial charge in [-0.3, -0.25) is 4.79 Å². The van der Waals surface area contributed by atoms with Gasteiger partial charge in [-0.2, -0.15) is 0 Å². The number of hydrogen-bond acceptors (Lipinski definition) is 4. The maximum atomic E-state index is 12.7. The first kappa shape index (κ1) is 17.2. The Bertz CT molecular complexity index is 537. The Morgan fingerprint density at radius 3 is 2.67 bits per heavy atom. The van der Waals surface area contributed by atoms with Crippen molar-refractivity contribution in [1.29, 1.82) is 0 Å². The highest BCUT2D eigenvalue weighted by atomic mass is 16.7. The van der Waals surface area contributed by atoms with Crippen molar-refractivity contribution in [2.45, 2.75) is 38.9 Å². The molecule has 0 unspecified atom stereocenters. The number of amides is 1. The van der Waals surface area contributed by atoms with E-state index in [9.17, 15) is 4.79 Å². The number of ether oxygens (including phenoxy) is 2. The SMILES string of the molecule is Cc1cccc(N(CCC2OCCO2)CC(=O)N2CCCCC2)c1. The Morgan fingerprint density at radius 1 is 1.21 bits per heavy atom. The fraction of sp³-hybridized carbons (Fsp3) is 0.632. The lowest BCUT2D eigenvalue weighted by Crippen LogP contribution is -2.43. The van der Waals surface area contributed by atoms with E-state index in [0.717, 1.165) is 44.6 Å². The number of benzene rings is 1. The summed E-state index contributed by atoms with van der Waals surface area (Å²) in [6.45, 7) is 6.40. The first-order valence-electron chi connectivity index (χ1n) is 9.05. The summed E-state index contributed by atoms with van der Waals surface area (Å²) < 4.78 is 11.1. The summed E-state index contributed by atoms with van der Waals surface area (Å²) in [5, 5.41) is 0. The van der Waals surface area contributed by atoms with Crippen LogP contribution in [-0.4, -0.2) is 56.5 Å². The van der Waals surface area contributed by atoms with Crippen LogP contribution in [0.1, 0.15) is 31.2 Å². The number of hydrogen-bond donors (Lipinski definition) is 0. The molecule has 0 atom stereocenters. The van der Waals surface area contributed by atoms with Gasteiger partial charge in [-0.05, 0) is 43.9 Å². The predicted octanol–water partition coefficient (Wildman–Crippen LogP) is 2.58. The molecule has 2 aliphatic rings. The van der Waals surface area contributed by atoms with E-state index in [2.05, 4.69) is 30.0 Å². The van der Waals surface area contributed by atoms with E-state index in [1.54, 1.807) is 0 Å². The molecule has 24 heavy (non-hydrogen) atoms. The minimum Gasteiger partial charge on any atom is -0.362 e. The number of anilines is 1. The largest absolute Gasteiger partial charge is 0.362 e. The smallest absolute Gasteiger partial charge is 0.242 e. The van der Waals surface area contributed by atoms with Crippen molar-refractivity contribution in [2.24, 2.45) is 0 Å². The van der Waals surface area contributed by atoms with Crippen LogP contribution in [0.3, 0.4) is 0 Å². The molecule has 5 heteroatoms. The quantitative estimate of drug-likeness (QED) is 0.803. The van der Waals surface area contributed by atoms with Crippen molar-refractivity contribution >= 4 is 11.6 Å². The maximum Gasteiger partial charge on any atom is 0.242 e. The van der Waals surface area contributed by atoms with E-state index in [-0.39, 0.29) is 12.2 Å². The van der Waals surface area contributed by atoms with Gasteiger partial charge in [0.1, 0.15) is 0 Å². The second kappa shape index (κ2) is 8.49. The molecule has 0 radical (unpaired) electrons. The normalized spacial score (nSPS) is 18.8. The number of piperidine rings is 1. The van der Waals surface area contributed by atoms with Crippen LogP contribution in [0.2, 0.25) is 0 Å².